The fourth-order valence-electron chi connectivity index (χ4n) is 3.03. The number of carboxylic acid groups (broad SMARTS) is 2. The van der Waals surface area contributed by atoms with Crippen LogP contribution in [0.1, 0.15) is 132 Å². The number of hydrogen-bond donors (Lipinski definition) is 0. The zero-order valence-electron chi connectivity index (χ0n) is 23.7. The van der Waals surface area contributed by atoms with Crippen LogP contribution >= 0.6 is 0 Å². The van der Waals surface area contributed by atoms with Crippen molar-refractivity contribution in [1.29, 1.82) is 0 Å². The van der Waals surface area contributed by atoms with Gasteiger partial charge in [0.05, 0.1) is 12.0 Å². The Hall–Kier alpha value is -0.747. The Morgan fingerprint density at radius 2 is 0.943 bits per heavy atom. The van der Waals surface area contributed by atoms with Gasteiger partial charge in [-0.1, -0.05) is 80.1 Å². The van der Waals surface area contributed by atoms with E-state index in [1.54, 1.807) is 0 Å². The molecule has 0 rings (SSSR count). The number of carbonyl (C=O) groups is 3. The van der Waals surface area contributed by atoms with E-state index in [0.717, 1.165) is 64.2 Å². The van der Waals surface area contributed by atoms with Crippen molar-refractivity contribution >= 4 is 17.9 Å². The van der Waals surface area contributed by atoms with Gasteiger partial charge in [0.25, 0.3) is 0 Å². The smallest absolute Gasteiger partial charge is 0.550 e. The van der Waals surface area contributed by atoms with Crippen molar-refractivity contribution in [2.45, 2.75) is 139 Å². The van der Waals surface area contributed by atoms with Gasteiger partial charge in [0.2, 0.25) is 0 Å². The van der Waals surface area contributed by atoms with Gasteiger partial charge < -0.3 is 19.8 Å². The van der Waals surface area contributed by atoms with Crippen molar-refractivity contribution in [3.8, 4) is 0 Å². The van der Waals surface area contributed by atoms with E-state index in [1.165, 1.54) is 0 Å². The Morgan fingerprint density at radius 3 is 1.17 bits per heavy atom. The van der Waals surface area contributed by atoms with E-state index < -0.39 is 11.9 Å². The molecule has 3 unspecified atom stereocenters. The van der Waals surface area contributed by atoms with Crippen molar-refractivity contribution in [3.63, 3.8) is 0 Å². The topological polar surface area (TPSA) is 116 Å². The average molecular weight is 580 g/mol. The summed E-state index contributed by atoms with van der Waals surface area (Å²) in [5.74, 6) is -2.46. The van der Waals surface area contributed by atoms with Gasteiger partial charge in [0, 0.05) is 11.9 Å². The maximum Gasteiger partial charge on any atom is 2.00 e. The van der Waals surface area contributed by atoms with Crippen LogP contribution in [0.15, 0.2) is 0 Å². The van der Waals surface area contributed by atoms with Crippen LogP contribution in [0.25, 0.3) is 0 Å². The summed E-state index contributed by atoms with van der Waals surface area (Å²) in [5.41, 5.74) is 0. The molecule has 0 aromatic rings. The summed E-state index contributed by atoms with van der Waals surface area (Å²) in [4.78, 5) is 41.6. The molecule has 0 aromatic carbocycles. The van der Waals surface area contributed by atoms with E-state index in [9.17, 15) is 24.6 Å². The molecule has 0 N–H and O–H groups in total. The Morgan fingerprint density at radius 1 is 0.629 bits per heavy atom. The maximum absolute atomic E-state index is 11.4. The van der Waals surface area contributed by atoms with Gasteiger partial charge in [-0.15, -0.1) is 0 Å². The number of hydrogen-bond acceptors (Lipinski definition) is 7. The predicted octanol–water partition coefficient (Wildman–Crippen LogP) is 4.99. The molecule has 0 fully saturated rings. The second-order valence-corrected chi connectivity index (χ2v) is 8.93. The Labute approximate surface area is 234 Å². The summed E-state index contributed by atoms with van der Waals surface area (Å²) in [5, 5.41) is 20.7. The van der Waals surface area contributed by atoms with Crippen molar-refractivity contribution in [1.82, 2.24) is 0 Å². The van der Waals surface area contributed by atoms with Crippen molar-refractivity contribution in [2.24, 2.45) is 17.8 Å². The largest absolute Gasteiger partial charge is 2.00 e. The van der Waals surface area contributed by atoms with Crippen LogP contribution in [-0.2, 0) is 50.4 Å². The molecule has 0 amide bonds. The first-order valence-corrected chi connectivity index (χ1v) is 13.3. The molecule has 0 heterocycles. The molecular weight excluding hydrogens is 528 g/mol. The number of carbonyl (C=O) groups excluding carboxylic acids is 3. The molecule has 0 aliphatic rings. The van der Waals surface area contributed by atoms with Gasteiger partial charge in [-0.05, 0) is 64.2 Å². The van der Waals surface area contributed by atoms with Gasteiger partial charge in [-0.3, -0.25) is 4.89 Å². The van der Waals surface area contributed by atoms with E-state index in [0.29, 0.717) is 12.8 Å². The summed E-state index contributed by atoms with van der Waals surface area (Å²) < 4.78 is 0. The minimum absolute atomic E-state index is 0. The molecule has 0 aliphatic heterocycles. The number of unbranched alkanes of at least 4 members (excludes halogenated alkanes) is 3. The first kappa shape index (κ1) is 41.4. The van der Waals surface area contributed by atoms with Crippen molar-refractivity contribution in [3.05, 3.63) is 0 Å². The maximum atomic E-state index is 11.4. The van der Waals surface area contributed by atoms with Crippen LogP contribution in [0.2, 0.25) is 0 Å². The minimum Gasteiger partial charge on any atom is -0.550 e. The third-order valence-corrected chi connectivity index (χ3v) is 5.52. The molecule has 0 bridgehead atoms. The summed E-state index contributed by atoms with van der Waals surface area (Å²) in [6.45, 7) is 15.7. The summed E-state index contributed by atoms with van der Waals surface area (Å²) in [6.07, 6.45) is 10.9. The molecule has 0 radical (unpaired) electrons. The van der Waals surface area contributed by atoms with E-state index in [2.05, 4.69) is 20.8 Å². The summed E-state index contributed by atoms with van der Waals surface area (Å²) in [6, 6.07) is 0. The number of carboxylic acids is 2. The molecular formula is C27H52O7Zr. The fraction of sp³-hybridized carbons (Fsp3) is 0.889. The Balaban J connectivity index is -0.000000208. The molecule has 0 spiro atoms. The Bertz CT molecular complexity index is 472. The quantitative estimate of drug-likeness (QED) is 0.176. The second kappa shape index (κ2) is 29.5. The Kier molecular flexibility index (Phi) is 34.9. The minimum atomic E-state index is -0.893. The van der Waals surface area contributed by atoms with E-state index in [1.807, 2.05) is 34.6 Å². The van der Waals surface area contributed by atoms with Gasteiger partial charge in [0.15, 0.2) is 0 Å². The molecule has 0 saturated carbocycles. The molecule has 0 saturated heterocycles. The van der Waals surface area contributed by atoms with Crippen LogP contribution < -0.4 is 10.2 Å². The van der Waals surface area contributed by atoms with Gasteiger partial charge in [0.1, 0.15) is 0 Å². The van der Waals surface area contributed by atoms with Gasteiger partial charge >= 0.3 is 32.2 Å². The SMILES string of the molecule is CCCCC(CC)C(=O)OOC(C)C.CCCCC(CC)C(=O)[O-].CCCCC(CC)C(=O)[O-].[Zr+2]. The van der Waals surface area contributed by atoms with Crippen LogP contribution in [0.4, 0.5) is 0 Å². The molecule has 0 aromatic heterocycles. The fourth-order valence-corrected chi connectivity index (χ4v) is 3.03. The van der Waals surface area contributed by atoms with Crippen LogP contribution in [0.3, 0.4) is 0 Å². The average Bonchev–Trinajstić information content (AvgIpc) is 2.79. The summed E-state index contributed by atoms with van der Waals surface area (Å²) in [7, 11) is 0. The number of rotatable bonds is 17. The van der Waals surface area contributed by atoms with Crippen LogP contribution in [-0.4, -0.2) is 24.0 Å². The van der Waals surface area contributed by atoms with Gasteiger partial charge in [-0.25, -0.2) is 4.79 Å². The molecule has 206 valence electrons. The molecule has 7 nitrogen and oxygen atoms in total. The standard InChI is InChI=1S/C11H22O3.2C8H16O2.Zr/c1-5-7-8-10(6-2)11(12)14-13-9(3)4;2*1-3-5-6-7(4-2)8(9)10;/h9-10H,5-8H2,1-4H3;2*7H,3-6H2,1-2H3,(H,9,10);/q;;;+2/p-2. The first-order chi connectivity index (χ1) is 16.1. The zero-order chi connectivity index (χ0) is 26.9. The van der Waals surface area contributed by atoms with E-state index in [4.69, 9.17) is 9.78 Å². The first-order valence-electron chi connectivity index (χ1n) is 13.3. The normalized spacial score (nSPS) is 12.6. The van der Waals surface area contributed by atoms with E-state index >= 15 is 0 Å². The van der Waals surface area contributed by atoms with E-state index in [-0.39, 0.29) is 56.0 Å². The summed E-state index contributed by atoms with van der Waals surface area (Å²) >= 11 is 0. The second-order valence-electron chi connectivity index (χ2n) is 8.93. The monoisotopic (exact) mass is 578 g/mol. The predicted molar refractivity (Wildman–Crippen MR) is 132 cm³/mol. The third kappa shape index (κ3) is 27.7. The molecule has 35 heavy (non-hydrogen) atoms. The molecule has 0 aliphatic carbocycles. The van der Waals surface area contributed by atoms with Crippen LogP contribution in [0.5, 0.6) is 0 Å². The number of aliphatic carboxylic acids is 2. The molecule has 8 heteroatoms. The zero-order valence-corrected chi connectivity index (χ0v) is 26.1. The third-order valence-electron chi connectivity index (χ3n) is 5.52. The molecule has 3 atom stereocenters. The van der Waals surface area contributed by atoms with Crippen molar-refractivity contribution < 1.29 is 60.6 Å². The van der Waals surface area contributed by atoms with Crippen LogP contribution in [0, 0.1) is 17.8 Å². The van der Waals surface area contributed by atoms with Crippen molar-refractivity contribution in [2.75, 3.05) is 0 Å². The van der Waals surface area contributed by atoms with Gasteiger partial charge in [-0.2, -0.15) is 4.89 Å².